The molecule has 82 valence electrons. The van der Waals surface area contributed by atoms with Gasteiger partial charge in [0.1, 0.15) is 0 Å². The normalized spacial score (nSPS) is 13.4. The van der Waals surface area contributed by atoms with Gasteiger partial charge in [0.15, 0.2) is 0 Å². The third kappa shape index (κ3) is 3.65. The van der Waals surface area contributed by atoms with Crippen LogP contribution in [0.15, 0.2) is 16.1 Å². The van der Waals surface area contributed by atoms with E-state index in [9.17, 15) is 0 Å². The van der Waals surface area contributed by atoms with E-state index in [1.54, 1.807) is 0 Å². The van der Waals surface area contributed by atoms with Gasteiger partial charge in [0, 0.05) is 13.3 Å². The molecule has 0 radical (unpaired) electrons. The minimum absolute atomic E-state index is 0.212. The van der Waals surface area contributed by atoms with Crippen molar-refractivity contribution in [3.8, 4) is 0 Å². The average molecular weight is 195 g/mol. The zero-order valence-electron chi connectivity index (χ0n) is 11.0. The first-order valence-electron chi connectivity index (χ1n) is 5.24. The molecule has 1 heteroatoms. The van der Waals surface area contributed by atoms with Gasteiger partial charge >= 0.3 is 0 Å². The van der Waals surface area contributed by atoms with Crippen molar-refractivity contribution < 1.29 is 0 Å². The van der Waals surface area contributed by atoms with Crippen molar-refractivity contribution in [1.29, 1.82) is 0 Å². The van der Waals surface area contributed by atoms with Crippen LogP contribution >= 0.6 is 0 Å². The van der Waals surface area contributed by atoms with Crippen molar-refractivity contribution in [2.45, 2.75) is 48.5 Å². The van der Waals surface area contributed by atoms with E-state index in [4.69, 9.17) is 0 Å². The lowest BCUT2D eigenvalue weighted by atomic mass is 9.70. The molecule has 0 aliphatic carbocycles. The summed E-state index contributed by atoms with van der Waals surface area (Å²) < 4.78 is 0. The lowest BCUT2D eigenvalue weighted by Crippen LogP contribution is -2.24. The van der Waals surface area contributed by atoms with E-state index < -0.39 is 0 Å². The second-order valence-corrected chi connectivity index (χ2v) is 5.95. The van der Waals surface area contributed by atoms with E-state index in [-0.39, 0.29) is 10.8 Å². The summed E-state index contributed by atoms with van der Waals surface area (Å²) in [7, 11) is 1.83. The fraction of sp³-hybridized carbons (Fsp3) is 0.769. The number of aliphatic imine (C=N–C) groups is 1. The van der Waals surface area contributed by atoms with Crippen LogP contribution < -0.4 is 0 Å². The largest absolute Gasteiger partial charge is 0.296 e. The van der Waals surface area contributed by atoms with Gasteiger partial charge in [0.05, 0.1) is 0 Å². The van der Waals surface area contributed by atoms with E-state index in [0.717, 1.165) is 0 Å². The molecule has 0 amide bonds. The Labute approximate surface area is 89.3 Å². The van der Waals surface area contributed by atoms with Crippen molar-refractivity contribution in [2.75, 3.05) is 7.05 Å². The Morgan fingerprint density at radius 2 is 1.29 bits per heavy atom. The van der Waals surface area contributed by atoms with Crippen LogP contribution in [0.25, 0.3) is 0 Å². The van der Waals surface area contributed by atoms with Crippen LogP contribution in [0.5, 0.6) is 0 Å². The molecule has 14 heavy (non-hydrogen) atoms. The molecule has 0 heterocycles. The van der Waals surface area contributed by atoms with Crippen molar-refractivity contribution in [2.24, 2.45) is 15.8 Å². The summed E-state index contributed by atoms with van der Waals surface area (Å²) in [5, 5.41) is 0. The lowest BCUT2D eigenvalue weighted by Gasteiger charge is -2.35. The zero-order chi connectivity index (χ0) is 11.6. The van der Waals surface area contributed by atoms with Crippen molar-refractivity contribution in [3.63, 3.8) is 0 Å². The lowest BCUT2D eigenvalue weighted by molar-refractivity contribution is 0.359. The van der Waals surface area contributed by atoms with Crippen LogP contribution in [-0.4, -0.2) is 13.3 Å². The summed E-state index contributed by atoms with van der Waals surface area (Å²) in [5.74, 6) is 0. The smallest absolute Gasteiger partial charge is 0.0277 e. The maximum Gasteiger partial charge on any atom is 0.0277 e. The molecular weight excluding hydrogens is 170 g/mol. The summed E-state index contributed by atoms with van der Waals surface area (Å²) in [6.45, 7) is 15.7. The predicted molar refractivity (Wildman–Crippen MR) is 66.0 cm³/mol. The Hall–Kier alpha value is -0.590. The molecule has 0 saturated carbocycles. The molecule has 0 saturated heterocycles. The molecule has 0 fully saturated rings. The molecule has 0 aromatic heterocycles. The molecule has 0 atom stereocenters. The highest BCUT2D eigenvalue weighted by Crippen LogP contribution is 2.40. The highest BCUT2D eigenvalue weighted by molar-refractivity contribution is 5.79. The second kappa shape index (κ2) is 4.29. The molecule has 1 nitrogen and oxygen atoms in total. The van der Waals surface area contributed by atoms with Gasteiger partial charge in [-0.15, -0.1) is 0 Å². The van der Waals surface area contributed by atoms with Crippen molar-refractivity contribution in [3.05, 3.63) is 11.1 Å². The van der Waals surface area contributed by atoms with Gasteiger partial charge in [-0.05, 0) is 23.3 Å². The Morgan fingerprint density at radius 1 is 0.929 bits per heavy atom. The Balaban J connectivity index is 5.45. The fourth-order valence-corrected chi connectivity index (χ4v) is 2.57. The maximum atomic E-state index is 4.10. The highest BCUT2D eigenvalue weighted by atomic mass is 14.6. The molecule has 0 aliphatic rings. The number of rotatable bonds is 1. The molecular formula is C13H25N. The monoisotopic (exact) mass is 195 g/mol. The molecule has 0 N–H and O–H groups in total. The van der Waals surface area contributed by atoms with Gasteiger partial charge in [0.2, 0.25) is 0 Å². The summed E-state index contributed by atoms with van der Waals surface area (Å²) in [5.41, 5.74) is 3.20. The Bertz CT molecular complexity index is 227. The summed E-state index contributed by atoms with van der Waals surface area (Å²) in [6, 6.07) is 0. The SMILES string of the molecule is CN=CC(C)=C(C(C)(C)C)C(C)(C)C. The fourth-order valence-electron chi connectivity index (χ4n) is 2.57. The first kappa shape index (κ1) is 13.4. The van der Waals surface area contributed by atoms with Crippen LogP contribution in [0, 0.1) is 10.8 Å². The minimum Gasteiger partial charge on any atom is -0.296 e. The van der Waals surface area contributed by atoms with Gasteiger partial charge in [-0.1, -0.05) is 47.1 Å². The maximum absolute atomic E-state index is 4.10. The highest BCUT2D eigenvalue weighted by Gasteiger charge is 2.29. The van der Waals surface area contributed by atoms with Crippen LogP contribution in [0.4, 0.5) is 0 Å². The molecule has 0 spiro atoms. The first-order valence-corrected chi connectivity index (χ1v) is 5.24. The molecule has 0 bridgehead atoms. The summed E-state index contributed by atoms with van der Waals surface area (Å²) in [4.78, 5) is 4.10. The molecule has 0 aromatic carbocycles. The number of allylic oxidation sites excluding steroid dienone is 2. The van der Waals surface area contributed by atoms with Crippen LogP contribution in [0.1, 0.15) is 48.5 Å². The second-order valence-electron chi connectivity index (χ2n) is 5.95. The Kier molecular flexibility index (Phi) is 4.11. The van der Waals surface area contributed by atoms with Gasteiger partial charge in [-0.3, -0.25) is 4.99 Å². The molecule has 0 rings (SSSR count). The van der Waals surface area contributed by atoms with Gasteiger partial charge in [0.25, 0.3) is 0 Å². The predicted octanol–water partition coefficient (Wildman–Crippen LogP) is 4.10. The van der Waals surface area contributed by atoms with Gasteiger partial charge in [-0.2, -0.15) is 0 Å². The van der Waals surface area contributed by atoms with E-state index >= 15 is 0 Å². The molecule has 0 aliphatic heterocycles. The van der Waals surface area contributed by atoms with E-state index in [0.29, 0.717) is 0 Å². The Morgan fingerprint density at radius 3 is 1.50 bits per heavy atom. The number of hydrogen-bond donors (Lipinski definition) is 0. The number of nitrogens with zero attached hydrogens (tertiary/aromatic N) is 1. The third-order valence-corrected chi connectivity index (χ3v) is 2.22. The zero-order valence-corrected chi connectivity index (χ0v) is 11.0. The van der Waals surface area contributed by atoms with Crippen LogP contribution in [0.2, 0.25) is 0 Å². The van der Waals surface area contributed by atoms with Gasteiger partial charge in [-0.25, -0.2) is 0 Å². The van der Waals surface area contributed by atoms with Crippen LogP contribution in [-0.2, 0) is 0 Å². The standard InChI is InChI=1S/C13H25N/c1-10(9-14-8)11(12(2,3)4)13(5,6)7/h9H,1-8H3. The quantitative estimate of drug-likeness (QED) is 0.559. The van der Waals surface area contributed by atoms with Crippen molar-refractivity contribution >= 4 is 6.21 Å². The van der Waals surface area contributed by atoms with Crippen molar-refractivity contribution in [1.82, 2.24) is 0 Å². The number of hydrogen-bond acceptors (Lipinski definition) is 1. The van der Waals surface area contributed by atoms with E-state index in [1.807, 2.05) is 13.3 Å². The molecule has 0 unspecified atom stereocenters. The summed E-state index contributed by atoms with van der Waals surface area (Å²) >= 11 is 0. The first-order chi connectivity index (χ1) is 6.10. The van der Waals surface area contributed by atoms with E-state index in [1.165, 1.54) is 11.1 Å². The van der Waals surface area contributed by atoms with E-state index in [2.05, 4.69) is 53.5 Å². The summed E-state index contributed by atoms with van der Waals surface area (Å²) in [6.07, 6.45) is 1.96. The topological polar surface area (TPSA) is 12.4 Å². The average Bonchev–Trinajstić information content (AvgIpc) is 1.78. The van der Waals surface area contributed by atoms with Crippen LogP contribution in [0.3, 0.4) is 0 Å². The minimum atomic E-state index is 0.212. The third-order valence-electron chi connectivity index (χ3n) is 2.22. The van der Waals surface area contributed by atoms with Gasteiger partial charge < -0.3 is 0 Å². The molecule has 0 aromatic rings.